The Balaban J connectivity index is 0.000000180. The summed E-state index contributed by atoms with van der Waals surface area (Å²) in [6.45, 7) is 4.95. The summed E-state index contributed by atoms with van der Waals surface area (Å²) in [6, 6.07) is 15.2. The van der Waals surface area contributed by atoms with E-state index >= 15 is 0 Å². The Labute approximate surface area is 173 Å². The predicted octanol–water partition coefficient (Wildman–Crippen LogP) is 5.96. The summed E-state index contributed by atoms with van der Waals surface area (Å²) in [6.07, 6.45) is 7.17. The number of halogens is 1. The van der Waals surface area contributed by atoms with Gasteiger partial charge in [0.05, 0.1) is 7.11 Å². The summed E-state index contributed by atoms with van der Waals surface area (Å²) in [5, 5.41) is 0.888. The summed E-state index contributed by atoms with van der Waals surface area (Å²) in [5.41, 5.74) is 2.99. The average molecular weight is 404 g/mol. The van der Waals surface area contributed by atoms with Crippen LogP contribution in [0, 0.1) is 5.92 Å². The van der Waals surface area contributed by atoms with E-state index in [0.717, 1.165) is 22.7 Å². The van der Waals surface area contributed by atoms with E-state index in [1.54, 1.807) is 18.9 Å². The van der Waals surface area contributed by atoms with Crippen LogP contribution in [0.4, 0.5) is 0 Å². The quantitative estimate of drug-likeness (QED) is 0.587. The molecule has 1 fully saturated rings. The van der Waals surface area contributed by atoms with Crippen molar-refractivity contribution >= 4 is 23.4 Å². The third kappa shape index (κ3) is 5.66. The molecular weight excluding hydrogens is 374 g/mol. The second-order valence-electron chi connectivity index (χ2n) is 7.58. The van der Waals surface area contributed by atoms with E-state index in [-0.39, 0.29) is 0 Å². The van der Waals surface area contributed by atoms with E-state index in [9.17, 15) is 0 Å². The molecule has 0 aromatic heterocycles. The summed E-state index contributed by atoms with van der Waals surface area (Å²) in [7, 11) is 1.67. The molecule has 27 heavy (non-hydrogen) atoms. The Bertz CT molecular complexity index is 711. The number of thioether (sulfide) groups is 1. The monoisotopic (exact) mass is 403 g/mol. The molecule has 0 spiro atoms. The maximum absolute atomic E-state index is 6.09. The standard InChI is InChI=1S/C15H20ClN.C8H10OS/c1-11-6-7-17(10-11)15-5-3-12-2-4-14(16)8-13(12)9-15;1-9-7-3-5-8(10-2)6-4-7/h2,4,8,11,15H,3,5-7,9-10H2,1H3;3-6H,1-2H3. The first-order valence-electron chi connectivity index (χ1n) is 9.78. The van der Waals surface area contributed by atoms with Crippen LogP contribution in [0.2, 0.25) is 5.02 Å². The smallest absolute Gasteiger partial charge is 0.118 e. The highest BCUT2D eigenvalue weighted by Crippen LogP contribution is 2.29. The molecule has 0 radical (unpaired) electrons. The van der Waals surface area contributed by atoms with Gasteiger partial charge in [-0.25, -0.2) is 0 Å². The zero-order valence-electron chi connectivity index (χ0n) is 16.6. The number of fused-ring (bicyclic) bond motifs is 1. The van der Waals surface area contributed by atoms with Crippen molar-refractivity contribution in [2.75, 3.05) is 26.5 Å². The molecule has 1 heterocycles. The van der Waals surface area contributed by atoms with Crippen molar-refractivity contribution in [2.24, 2.45) is 5.92 Å². The van der Waals surface area contributed by atoms with Crippen LogP contribution in [0.3, 0.4) is 0 Å². The van der Waals surface area contributed by atoms with Crippen LogP contribution in [0.15, 0.2) is 47.4 Å². The molecule has 1 saturated heterocycles. The minimum atomic E-state index is 0.755. The molecule has 4 rings (SSSR count). The van der Waals surface area contributed by atoms with Crippen LogP contribution in [-0.4, -0.2) is 37.4 Å². The van der Waals surface area contributed by atoms with E-state index in [4.69, 9.17) is 16.3 Å². The molecular formula is C23H30ClNOS. The first kappa shape index (κ1) is 20.6. The van der Waals surface area contributed by atoms with Crippen molar-refractivity contribution in [3.63, 3.8) is 0 Å². The van der Waals surface area contributed by atoms with Gasteiger partial charge in [0.1, 0.15) is 5.75 Å². The molecule has 2 aromatic carbocycles. The molecule has 0 saturated carbocycles. The van der Waals surface area contributed by atoms with Gasteiger partial charge in [0, 0.05) is 22.5 Å². The molecule has 2 aliphatic rings. The molecule has 1 aliphatic carbocycles. The van der Waals surface area contributed by atoms with Crippen molar-refractivity contribution in [3.05, 3.63) is 58.6 Å². The number of likely N-dealkylation sites (tertiary alicyclic amines) is 1. The molecule has 2 nitrogen and oxygen atoms in total. The molecule has 0 N–H and O–H groups in total. The van der Waals surface area contributed by atoms with Gasteiger partial charge in [0.15, 0.2) is 0 Å². The Kier molecular flexibility index (Phi) is 7.51. The van der Waals surface area contributed by atoms with Crippen LogP contribution < -0.4 is 4.74 Å². The molecule has 4 heteroatoms. The molecule has 2 aromatic rings. The van der Waals surface area contributed by atoms with Gasteiger partial charge in [0.2, 0.25) is 0 Å². The highest BCUT2D eigenvalue weighted by atomic mass is 35.5. The molecule has 2 atom stereocenters. The number of nitrogens with zero attached hydrogens (tertiary/aromatic N) is 1. The number of ether oxygens (including phenoxy) is 1. The summed E-state index contributed by atoms with van der Waals surface area (Å²) in [4.78, 5) is 3.95. The molecule has 2 unspecified atom stereocenters. The predicted molar refractivity (Wildman–Crippen MR) is 117 cm³/mol. The van der Waals surface area contributed by atoms with Crippen molar-refractivity contribution < 1.29 is 4.74 Å². The highest BCUT2D eigenvalue weighted by Gasteiger charge is 2.28. The van der Waals surface area contributed by atoms with E-state index in [2.05, 4.69) is 30.2 Å². The minimum Gasteiger partial charge on any atom is -0.497 e. The fourth-order valence-corrected chi connectivity index (χ4v) is 4.63. The van der Waals surface area contributed by atoms with Gasteiger partial charge in [-0.05, 0) is 91.9 Å². The number of hydrogen-bond donors (Lipinski definition) is 0. The minimum absolute atomic E-state index is 0.755. The molecule has 0 bridgehead atoms. The van der Waals surface area contributed by atoms with Crippen LogP contribution in [-0.2, 0) is 12.8 Å². The van der Waals surface area contributed by atoms with Crippen LogP contribution in [0.1, 0.15) is 30.9 Å². The second kappa shape index (κ2) is 9.86. The van der Waals surface area contributed by atoms with Gasteiger partial charge in [-0.15, -0.1) is 11.8 Å². The third-order valence-corrected chi connectivity index (χ3v) is 6.62. The van der Waals surface area contributed by atoms with E-state index < -0.39 is 0 Å². The van der Waals surface area contributed by atoms with Crippen LogP contribution >= 0.6 is 23.4 Å². The van der Waals surface area contributed by atoms with Crippen LogP contribution in [0.25, 0.3) is 0 Å². The maximum Gasteiger partial charge on any atom is 0.118 e. The highest BCUT2D eigenvalue weighted by molar-refractivity contribution is 7.98. The molecule has 1 aliphatic heterocycles. The second-order valence-corrected chi connectivity index (χ2v) is 8.89. The van der Waals surface area contributed by atoms with E-state index in [1.165, 1.54) is 54.8 Å². The number of methoxy groups -OCH3 is 1. The van der Waals surface area contributed by atoms with Crippen molar-refractivity contribution in [1.82, 2.24) is 4.90 Å². The Morgan fingerprint density at radius 3 is 2.48 bits per heavy atom. The first-order chi connectivity index (χ1) is 13.1. The van der Waals surface area contributed by atoms with Gasteiger partial charge in [-0.3, -0.25) is 4.90 Å². The maximum atomic E-state index is 6.09. The van der Waals surface area contributed by atoms with Crippen LogP contribution in [0.5, 0.6) is 5.75 Å². The SMILES string of the molecule is CC1CCN(C2CCc3ccc(Cl)cc3C2)C1.COc1ccc(SC)cc1. The van der Waals surface area contributed by atoms with Crippen molar-refractivity contribution in [1.29, 1.82) is 0 Å². The van der Waals surface area contributed by atoms with Crippen molar-refractivity contribution in [3.8, 4) is 5.75 Å². The lowest BCUT2D eigenvalue weighted by molar-refractivity contribution is 0.216. The Hall–Kier alpha value is -1.16. The van der Waals surface area contributed by atoms with Gasteiger partial charge >= 0.3 is 0 Å². The normalized spacial score (nSPS) is 21.9. The first-order valence-corrected chi connectivity index (χ1v) is 11.4. The number of aryl methyl sites for hydroxylation is 1. The Morgan fingerprint density at radius 2 is 1.85 bits per heavy atom. The fourth-order valence-electron chi connectivity index (χ4n) is 4.03. The van der Waals surface area contributed by atoms with E-state index in [0.29, 0.717) is 0 Å². The van der Waals surface area contributed by atoms with E-state index in [1.807, 2.05) is 30.3 Å². The summed E-state index contributed by atoms with van der Waals surface area (Å²) < 4.78 is 5.00. The van der Waals surface area contributed by atoms with Gasteiger partial charge in [-0.1, -0.05) is 24.6 Å². The number of benzene rings is 2. The Morgan fingerprint density at radius 1 is 1.07 bits per heavy atom. The van der Waals surface area contributed by atoms with Crippen molar-refractivity contribution in [2.45, 2.75) is 43.5 Å². The average Bonchev–Trinajstić information content (AvgIpc) is 3.14. The van der Waals surface area contributed by atoms with Gasteiger partial charge in [-0.2, -0.15) is 0 Å². The topological polar surface area (TPSA) is 12.5 Å². The lowest BCUT2D eigenvalue weighted by atomic mass is 9.87. The number of hydrogen-bond acceptors (Lipinski definition) is 3. The number of rotatable bonds is 3. The fraction of sp³-hybridized carbons (Fsp3) is 0.478. The lowest BCUT2D eigenvalue weighted by Crippen LogP contribution is -2.37. The lowest BCUT2D eigenvalue weighted by Gasteiger charge is -2.32. The zero-order chi connectivity index (χ0) is 19.2. The zero-order valence-corrected chi connectivity index (χ0v) is 18.2. The molecule has 0 amide bonds. The molecule has 146 valence electrons. The third-order valence-electron chi connectivity index (χ3n) is 5.64. The van der Waals surface area contributed by atoms with Gasteiger partial charge < -0.3 is 4.74 Å². The summed E-state index contributed by atoms with van der Waals surface area (Å²) in [5.74, 6) is 1.80. The summed E-state index contributed by atoms with van der Waals surface area (Å²) >= 11 is 7.83. The largest absolute Gasteiger partial charge is 0.497 e. The van der Waals surface area contributed by atoms with Gasteiger partial charge in [0.25, 0.3) is 0 Å².